The van der Waals surface area contributed by atoms with Gasteiger partial charge in [0.25, 0.3) is 0 Å². The Morgan fingerprint density at radius 2 is 2.26 bits per heavy atom. The largest absolute Gasteiger partial charge is 0.444 e. The molecule has 1 fully saturated rings. The predicted octanol–water partition coefficient (Wildman–Crippen LogP) is 2.92. The van der Waals surface area contributed by atoms with E-state index >= 15 is 0 Å². The SMILES string of the molecule is Cc1nc(N2CCCC(OC(=O)NC(C)C)C2)c2c(cnc3[nH]ccc32)n1. The first-order chi connectivity index (χ1) is 13.0. The smallest absolute Gasteiger partial charge is 0.407 e. The molecule has 4 heterocycles. The molecule has 1 saturated heterocycles. The van der Waals surface area contributed by atoms with Crippen LogP contribution in [0.1, 0.15) is 32.5 Å². The number of nitrogens with zero attached hydrogens (tertiary/aromatic N) is 4. The second-order valence-electron chi connectivity index (χ2n) is 7.27. The van der Waals surface area contributed by atoms with Crippen LogP contribution >= 0.6 is 0 Å². The fraction of sp³-hybridized carbons (Fsp3) is 0.474. The van der Waals surface area contributed by atoms with Gasteiger partial charge in [0.1, 0.15) is 23.4 Å². The fourth-order valence-electron chi connectivity index (χ4n) is 3.60. The van der Waals surface area contributed by atoms with Gasteiger partial charge < -0.3 is 19.9 Å². The standard InChI is InChI=1S/C19H24N6O2/c1-11(2)22-19(26)27-13-5-4-8-25(10-13)18-16-14-6-7-20-17(14)21-9-15(16)23-12(3)24-18/h6-7,9,11,13H,4-5,8,10H2,1-3H3,(H,20,21)(H,22,26). The molecule has 142 valence electrons. The van der Waals surface area contributed by atoms with Gasteiger partial charge in [0.2, 0.25) is 0 Å². The monoisotopic (exact) mass is 368 g/mol. The van der Waals surface area contributed by atoms with E-state index in [9.17, 15) is 4.79 Å². The molecule has 1 atom stereocenters. The number of carbonyl (C=O) groups is 1. The van der Waals surface area contributed by atoms with Crippen LogP contribution in [0.2, 0.25) is 0 Å². The Morgan fingerprint density at radius 3 is 3.07 bits per heavy atom. The lowest BCUT2D eigenvalue weighted by atomic mass is 10.1. The highest BCUT2D eigenvalue weighted by Crippen LogP contribution is 2.31. The van der Waals surface area contributed by atoms with Gasteiger partial charge in [-0.1, -0.05) is 0 Å². The number of ether oxygens (including phenoxy) is 1. The van der Waals surface area contributed by atoms with Crippen molar-refractivity contribution in [3.05, 3.63) is 24.3 Å². The maximum atomic E-state index is 12.0. The van der Waals surface area contributed by atoms with Crippen molar-refractivity contribution in [2.45, 2.75) is 45.8 Å². The van der Waals surface area contributed by atoms with Crippen molar-refractivity contribution >= 4 is 33.8 Å². The van der Waals surface area contributed by atoms with Gasteiger partial charge in [-0.3, -0.25) is 0 Å². The summed E-state index contributed by atoms with van der Waals surface area (Å²) in [5.74, 6) is 1.58. The molecule has 0 aliphatic carbocycles. The zero-order valence-electron chi connectivity index (χ0n) is 15.8. The van der Waals surface area contributed by atoms with Gasteiger partial charge in [0.05, 0.1) is 23.6 Å². The number of H-pyrrole nitrogens is 1. The maximum absolute atomic E-state index is 12.0. The third-order valence-corrected chi connectivity index (χ3v) is 4.70. The number of aromatic amines is 1. The van der Waals surface area contributed by atoms with E-state index in [0.29, 0.717) is 12.4 Å². The van der Waals surface area contributed by atoms with Crippen molar-refractivity contribution in [1.82, 2.24) is 25.3 Å². The van der Waals surface area contributed by atoms with Crippen LogP contribution in [0.3, 0.4) is 0 Å². The number of hydrogen-bond donors (Lipinski definition) is 2. The van der Waals surface area contributed by atoms with E-state index in [0.717, 1.165) is 47.1 Å². The van der Waals surface area contributed by atoms with E-state index in [2.05, 4.69) is 25.2 Å². The highest BCUT2D eigenvalue weighted by Gasteiger charge is 2.26. The van der Waals surface area contributed by atoms with Crippen LogP contribution in [-0.4, -0.2) is 51.3 Å². The number of amides is 1. The molecular formula is C19H24N6O2. The molecule has 1 amide bonds. The van der Waals surface area contributed by atoms with Gasteiger partial charge in [-0.05, 0) is 39.7 Å². The molecule has 0 saturated carbocycles. The summed E-state index contributed by atoms with van der Waals surface area (Å²) in [6.45, 7) is 7.20. The van der Waals surface area contributed by atoms with E-state index in [-0.39, 0.29) is 18.2 Å². The molecule has 0 radical (unpaired) electrons. The first kappa shape index (κ1) is 17.5. The average molecular weight is 368 g/mol. The lowest BCUT2D eigenvalue weighted by Crippen LogP contribution is -2.43. The Bertz CT molecular complexity index is 983. The minimum atomic E-state index is -0.363. The Hall–Kier alpha value is -2.90. The number of aromatic nitrogens is 4. The molecule has 1 aliphatic heterocycles. The average Bonchev–Trinajstić information content (AvgIpc) is 3.09. The van der Waals surface area contributed by atoms with E-state index in [1.807, 2.05) is 33.0 Å². The number of carbonyl (C=O) groups excluding carboxylic acids is 1. The van der Waals surface area contributed by atoms with Gasteiger partial charge in [0, 0.05) is 24.2 Å². The summed E-state index contributed by atoms with van der Waals surface area (Å²) in [5, 5.41) is 4.77. The van der Waals surface area contributed by atoms with Gasteiger partial charge in [-0.25, -0.2) is 19.7 Å². The van der Waals surface area contributed by atoms with Crippen LogP contribution in [0.5, 0.6) is 0 Å². The van der Waals surface area contributed by atoms with Gasteiger partial charge in [-0.15, -0.1) is 0 Å². The Labute approximate surface area is 157 Å². The molecule has 27 heavy (non-hydrogen) atoms. The van der Waals surface area contributed by atoms with Crippen LogP contribution in [-0.2, 0) is 4.74 Å². The van der Waals surface area contributed by atoms with Gasteiger partial charge in [-0.2, -0.15) is 0 Å². The van der Waals surface area contributed by atoms with Crippen molar-refractivity contribution in [2.75, 3.05) is 18.0 Å². The Morgan fingerprint density at radius 1 is 1.41 bits per heavy atom. The Kier molecular flexibility index (Phi) is 4.55. The second kappa shape index (κ2) is 7.02. The van der Waals surface area contributed by atoms with Gasteiger partial charge >= 0.3 is 6.09 Å². The van der Waals surface area contributed by atoms with Crippen LogP contribution in [0.15, 0.2) is 18.5 Å². The van der Waals surface area contributed by atoms with Gasteiger partial charge in [0.15, 0.2) is 0 Å². The molecular weight excluding hydrogens is 344 g/mol. The van der Waals surface area contributed by atoms with Crippen LogP contribution in [0, 0.1) is 6.92 Å². The van der Waals surface area contributed by atoms with Crippen LogP contribution in [0.25, 0.3) is 21.9 Å². The second-order valence-corrected chi connectivity index (χ2v) is 7.27. The first-order valence-electron chi connectivity index (χ1n) is 9.34. The summed E-state index contributed by atoms with van der Waals surface area (Å²) in [5.41, 5.74) is 1.64. The zero-order chi connectivity index (χ0) is 19.0. The molecule has 0 bridgehead atoms. The van der Waals surface area contributed by atoms with E-state index in [1.165, 1.54) is 0 Å². The normalized spacial score (nSPS) is 17.6. The van der Waals surface area contributed by atoms with E-state index in [4.69, 9.17) is 9.72 Å². The van der Waals surface area contributed by atoms with Crippen molar-refractivity contribution < 1.29 is 9.53 Å². The number of alkyl carbamates (subject to hydrolysis) is 1. The number of rotatable bonds is 3. The molecule has 0 aromatic carbocycles. The predicted molar refractivity (Wildman–Crippen MR) is 104 cm³/mol. The molecule has 3 aromatic heterocycles. The molecule has 0 spiro atoms. The number of nitrogens with one attached hydrogen (secondary N) is 2. The van der Waals surface area contributed by atoms with E-state index < -0.39 is 0 Å². The van der Waals surface area contributed by atoms with Crippen LogP contribution < -0.4 is 10.2 Å². The summed E-state index contributed by atoms with van der Waals surface area (Å²) in [4.78, 5) is 31.0. The number of aryl methyl sites for hydroxylation is 1. The molecule has 8 heteroatoms. The molecule has 1 aliphatic rings. The third kappa shape index (κ3) is 3.51. The van der Waals surface area contributed by atoms with Crippen molar-refractivity contribution in [2.24, 2.45) is 0 Å². The third-order valence-electron chi connectivity index (χ3n) is 4.70. The van der Waals surface area contributed by atoms with Crippen molar-refractivity contribution in [3.8, 4) is 0 Å². The highest BCUT2D eigenvalue weighted by molar-refractivity contribution is 6.09. The van der Waals surface area contributed by atoms with Crippen molar-refractivity contribution in [1.29, 1.82) is 0 Å². The number of hydrogen-bond acceptors (Lipinski definition) is 6. The maximum Gasteiger partial charge on any atom is 0.407 e. The minimum Gasteiger partial charge on any atom is -0.444 e. The minimum absolute atomic E-state index is 0.0556. The summed E-state index contributed by atoms with van der Waals surface area (Å²) >= 11 is 0. The lowest BCUT2D eigenvalue weighted by molar-refractivity contribution is 0.0865. The van der Waals surface area contributed by atoms with Crippen molar-refractivity contribution in [3.63, 3.8) is 0 Å². The highest BCUT2D eigenvalue weighted by atomic mass is 16.6. The first-order valence-corrected chi connectivity index (χ1v) is 9.34. The quantitative estimate of drug-likeness (QED) is 0.738. The Balaban J connectivity index is 1.67. The fourth-order valence-corrected chi connectivity index (χ4v) is 3.60. The molecule has 4 rings (SSSR count). The summed E-state index contributed by atoms with van der Waals surface area (Å²) in [7, 11) is 0. The summed E-state index contributed by atoms with van der Waals surface area (Å²) < 4.78 is 5.62. The van der Waals surface area contributed by atoms with E-state index in [1.54, 1.807) is 6.20 Å². The van der Waals surface area contributed by atoms with Crippen LogP contribution in [0.4, 0.5) is 10.6 Å². The number of anilines is 1. The summed E-state index contributed by atoms with van der Waals surface area (Å²) in [6, 6.07) is 2.06. The number of pyridine rings is 1. The topological polar surface area (TPSA) is 96.0 Å². The summed E-state index contributed by atoms with van der Waals surface area (Å²) in [6.07, 6.45) is 4.92. The zero-order valence-corrected chi connectivity index (χ0v) is 15.8. The molecule has 1 unspecified atom stereocenters. The number of fused-ring (bicyclic) bond motifs is 3. The lowest BCUT2D eigenvalue weighted by Gasteiger charge is -2.34. The molecule has 2 N–H and O–H groups in total. The molecule has 3 aromatic rings. The number of piperidine rings is 1. The molecule has 8 nitrogen and oxygen atoms in total.